The van der Waals surface area contributed by atoms with Crippen LogP contribution in [0.1, 0.15) is 5.56 Å². The second kappa shape index (κ2) is 3.81. The minimum Gasteiger partial charge on any atom is -0.497 e. The van der Waals surface area contributed by atoms with Crippen LogP contribution in [0.3, 0.4) is 0 Å². The molecule has 0 aliphatic carbocycles. The Morgan fingerprint density at radius 2 is 2.29 bits per heavy atom. The van der Waals surface area contributed by atoms with Gasteiger partial charge in [-0.2, -0.15) is 0 Å². The molecule has 14 heavy (non-hydrogen) atoms. The standard InChI is InChI=1S/C10H10O2S2/c1-12-7-2-8-6(4-11)5-14-10(8)9(13)3-7/h2-3,5,11,13H,4H2,1H3. The zero-order valence-corrected chi connectivity index (χ0v) is 9.36. The Bertz CT molecular complexity index is 462. The molecule has 4 heteroatoms. The fourth-order valence-electron chi connectivity index (χ4n) is 1.38. The van der Waals surface area contributed by atoms with Gasteiger partial charge in [0, 0.05) is 15.0 Å². The predicted molar refractivity (Wildman–Crippen MR) is 61.6 cm³/mol. The van der Waals surface area contributed by atoms with Crippen LogP contribution in [0.5, 0.6) is 5.75 Å². The van der Waals surface area contributed by atoms with Crippen molar-refractivity contribution in [2.75, 3.05) is 7.11 Å². The van der Waals surface area contributed by atoms with Crippen LogP contribution in [0.15, 0.2) is 22.4 Å². The van der Waals surface area contributed by atoms with Crippen molar-refractivity contribution in [3.63, 3.8) is 0 Å². The minimum absolute atomic E-state index is 0.0559. The normalized spacial score (nSPS) is 10.8. The molecular weight excluding hydrogens is 216 g/mol. The van der Waals surface area contributed by atoms with E-state index in [1.165, 1.54) is 0 Å². The van der Waals surface area contributed by atoms with Gasteiger partial charge >= 0.3 is 0 Å². The first-order valence-electron chi connectivity index (χ1n) is 4.14. The maximum absolute atomic E-state index is 9.12. The lowest BCUT2D eigenvalue weighted by Gasteiger charge is -2.02. The first kappa shape index (κ1) is 9.83. The Hall–Kier alpha value is -0.710. The Labute approximate surface area is 91.5 Å². The highest BCUT2D eigenvalue weighted by atomic mass is 32.1. The summed E-state index contributed by atoms with van der Waals surface area (Å²) in [4.78, 5) is 0.893. The molecule has 2 rings (SSSR count). The highest BCUT2D eigenvalue weighted by Gasteiger charge is 2.07. The summed E-state index contributed by atoms with van der Waals surface area (Å²) in [7, 11) is 1.62. The number of aliphatic hydroxyl groups excluding tert-OH is 1. The largest absolute Gasteiger partial charge is 0.497 e. The summed E-state index contributed by atoms with van der Waals surface area (Å²) in [5, 5.41) is 12.1. The maximum atomic E-state index is 9.12. The number of benzene rings is 1. The topological polar surface area (TPSA) is 29.5 Å². The van der Waals surface area contributed by atoms with Crippen LogP contribution in [-0.2, 0) is 6.61 Å². The molecule has 0 atom stereocenters. The van der Waals surface area contributed by atoms with Crippen molar-refractivity contribution in [2.24, 2.45) is 0 Å². The molecule has 1 aromatic carbocycles. The number of rotatable bonds is 2. The third-order valence-corrected chi connectivity index (χ3v) is 3.70. The van der Waals surface area contributed by atoms with E-state index < -0.39 is 0 Å². The summed E-state index contributed by atoms with van der Waals surface area (Å²) in [5.41, 5.74) is 0.930. The van der Waals surface area contributed by atoms with Gasteiger partial charge in [0.2, 0.25) is 0 Å². The molecule has 0 fully saturated rings. The number of ether oxygens (including phenoxy) is 1. The van der Waals surface area contributed by atoms with Gasteiger partial charge in [-0.3, -0.25) is 0 Å². The van der Waals surface area contributed by atoms with Crippen molar-refractivity contribution in [3.8, 4) is 5.75 Å². The quantitative estimate of drug-likeness (QED) is 0.771. The van der Waals surface area contributed by atoms with Gasteiger partial charge in [0.15, 0.2) is 0 Å². The fraction of sp³-hybridized carbons (Fsp3) is 0.200. The number of fused-ring (bicyclic) bond motifs is 1. The average Bonchev–Trinajstić information content (AvgIpc) is 2.61. The van der Waals surface area contributed by atoms with E-state index in [1.54, 1.807) is 18.4 Å². The van der Waals surface area contributed by atoms with Crippen molar-refractivity contribution < 1.29 is 9.84 Å². The summed E-state index contributed by atoms with van der Waals surface area (Å²) >= 11 is 5.97. The zero-order valence-electron chi connectivity index (χ0n) is 7.65. The second-order valence-corrected chi connectivity index (χ2v) is 4.30. The molecule has 0 spiro atoms. The average molecular weight is 226 g/mol. The second-order valence-electron chi connectivity index (χ2n) is 2.94. The van der Waals surface area contributed by atoms with E-state index >= 15 is 0 Å². The number of thiophene rings is 1. The first-order chi connectivity index (χ1) is 6.76. The molecule has 0 radical (unpaired) electrons. The highest BCUT2D eigenvalue weighted by molar-refractivity contribution is 7.80. The van der Waals surface area contributed by atoms with Gasteiger partial charge in [-0.1, -0.05) is 0 Å². The molecule has 1 aromatic heterocycles. The number of hydrogen-bond acceptors (Lipinski definition) is 4. The van der Waals surface area contributed by atoms with Crippen LogP contribution in [0.25, 0.3) is 10.1 Å². The lowest BCUT2D eigenvalue weighted by Crippen LogP contribution is -1.84. The van der Waals surface area contributed by atoms with Crippen LogP contribution in [0.4, 0.5) is 0 Å². The van der Waals surface area contributed by atoms with E-state index in [-0.39, 0.29) is 6.61 Å². The van der Waals surface area contributed by atoms with Crippen LogP contribution in [0.2, 0.25) is 0 Å². The number of hydrogen-bond donors (Lipinski definition) is 2. The molecule has 0 aliphatic heterocycles. The van der Waals surface area contributed by atoms with Gasteiger partial charge in [0.05, 0.1) is 13.7 Å². The molecule has 74 valence electrons. The summed E-state index contributed by atoms with van der Waals surface area (Å²) in [6, 6.07) is 3.81. The predicted octanol–water partition coefficient (Wildman–Crippen LogP) is 2.69. The molecule has 0 amide bonds. The zero-order chi connectivity index (χ0) is 10.1. The van der Waals surface area contributed by atoms with Crippen molar-refractivity contribution in [1.29, 1.82) is 0 Å². The Morgan fingerprint density at radius 3 is 2.93 bits per heavy atom. The van der Waals surface area contributed by atoms with E-state index in [0.29, 0.717) is 0 Å². The van der Waals surface area contributed by atoms with Crippen LogP contribution in [0, 0.1) is 0 Å². The van der Waals surface area contributed by atoms with E-state index in [2.05, 4.69) is 12.6 Å². The van der Waals surface area contributed by atoms with Crippen LogP contribution in [-0.4, -0.2) is 12.2 Å². The van der Waals surface area contributed by atoms with E-state index in [0.717, 1.165) is 26.3 Å². The van der Waals surface area contributed by atoms with E-state index in [4.69, 9.17) is 9.84 Å². The minimum atomic E-state index is 0.0559. The smallest absolute Gasteiger partial charge is 0.120 e. The molecule has 2 nitrogen and oxygen atoms in total. The molecule has 2 aromatic rings. The van der Waals surface area contributed by atoms with Crippen molar-refractivity contribution >= 4 is 34.1 Å². The third-order valence-electron chi connectivity index (χ3n) is 2.11. The number of methoxy groups -OCH3 is 1. The fourth-order valence-corrected chi connectivity index (χ4v) is 2.75. The summed E-state index contributed by atoms with van der Waals surface area (Å²) < 4.78 is 6.24. The highest BCUT2D eigenvalue weighted by Crippen LogP contribution is 2.34. The summed E-state index contributed by atoms with van der Waals surface area (Å²) in [5.74, 6) is 0.774. The monoisotopic (exact) mass is 226 g/mol. The molecule has 0 unspecified atom stereocenters. The molecule has 0 saturated carbocycles. The van der Waals surface area contributed by atoms with Crippen molar-refractivity contribution in [3.05, 3.63) is 23.1 Å². The lowest BCUT2D eigenvalue weighted by atomic mass is 10.2. The van der Waals surface area contributed by atoms with E-state index in [1.807, 2.05) is 17.5 Å². The Kier molecular flexibility index (Phi) is 2.67. The summed E-state index contributed by atoms with van der Waals surface area (Å²) in [6.45, 7) is 0.0559. The molecule has 0 saturated heterocycles. The van der Waals surface area contributed by atoms with Gasteiger partial charge in [-0.15, -0.1) is 24.0 Å². The SMILES string of the molecule is COc1cc(S)c2scc(CO)c2c1. The van der Waals surface area contributed by atoms with Crippen molar-refractivity contribution in [1.82, 2.24) is 0 Å². The lowest BCUT2D eigenvalue weighted by molar-refractivity contribution is 0.284. The molecule has 0 bridgehead atoms. The van der Waals surface area contributed by atoms with E-state index in [9.17, 15) is 0 Å². The first-order valence-corrected chi connectivity index (χ1v) is 5.47. The van der Waals surface area contributed by atoms with Gasteiger partial charge in [-0.05, 0) is 23.1 Å². The van der Waals surface area contributed by atoms with Gasteiger partial charge in [0.25, 0.3) is 0 Å². The number of aliphatic hydroxyl groups is 1. The van der Waals surface area contributed by atoms with Crippen LogP contribution >= 0.6 is 24.0 Å². The Morgan fingerprint density at radius 1 is 1.50 bits per heavy atom. The molecule has 1 heterocycles. The number of thiol groups is 1. The van der Waals surface area contributed by atoms with Gasteiger partial charge in [0.1, 0.15) is 5.75 Å². The maximum Gasteiger partial charge on any atom is 0.120 e. The van der Waals surface area contributed by atoms with Crippen molar-refractivity contribution in [2.45, 2.75) is 11.5 Å². The van der Waals surface area contributed by atoms with Crippen LogP contribution < -0.4 is 4.74 Å². The molecule has 0 aliphatic rings. The summed E-state index contributed by atoms with van der Waals surface area (Å²) in [6.07, 6.45) is 0. The molecular formula is C10H10O2S2. The van der Waals surface area contributed by atoms with Gasteiger partial charge in [-0.25, -0.2) is 0 Å². The third kappa shape index (κ3) is 1.49. The molecule has 1 N–H and O–H groups in total. The van der Waals surface area contributed by atoms with Gasteiger partial charge < -0.3 is 9.84 Å². The Balaban J connectivity index is 2.73.